The van der Waals surface area contributed by atoms with Gasteiger partial charge in [-0.2, -0.15) is 0 Å². The van der Waals surface area contributed by atoms with Gasteiger partial charge in [-0.1, -0.05) is 132 Å². The second-order valence-corrected chi connectivity index (χ2v) is 18.1. The summed E-state index contributed by atoms with van der Waals surface area (Å²) < 4.78 is 20.3. The minimum Gasteiger partial charge on any atom is -0.490 e. The van der Waals surface area contributed by atoms with Gasteiger partial charge in [-0.25, -0.2) is 4.98 Å². The van der Waals surface area contributed by atoms with E-state index in [9.17, 15) is 0 Å². The fourth-order valence-electron chi connectivity index (χ4n) is 7.25. The third kappa shape index (κ3) is 16.8. The van der Waals surface area contributed by atoms with Crippen LogP contribution in [0.15, 0.2) is 73.1 Å². The molecule has 0 saturated heterocycles. The van der Waals surface area contributed by atoms with Crippen molar-refractivity contribution in [3.05, 3.63) is 73.1 Å². The lowest BCUT2D eigenvalue weighted by molar-refractivity contribution is 0.216. The summed E-state index contributed by atoms with van der Waals surface area (Å²) in [5.74, 6) is 6.16. The molecule has 0 bridgehead atoms. The fraction of sp³-hybridized carbons (Fsp3) is 0.588. The molecule has 3 aromatic heterocycles. The number of hydrogen-bond donors (Lipinski definition) is 0. The molecule has 0 unspecified atom stereocenters. The Morgan fingerprint density at radius 3 is 1.18 bits per heavy atom. The van der Waals surface area contributed by atoms with Gasteiger partial charge in [0, 0.05) is 12.4 Å². The molecule has 6 heteroatoms. The monoisotopic (exact) mass is 778 g/mol. The summed E-state index contributed by atoms with van der Waals surface area (Å²) in [4.78, 5) is 14.4. The van der Waals surface area contributed by atoms with Crippen molar-refractivity contribution in [1.82, 2.24) is 15.0 Å². The summed E-state index contributed by atoms with van der Waals surface area (Å²) in [6.45, 7) is 22.8. The average molecular weight is 778 g/mol. The van der Waals surface area contributed by atoms with Crippen LogP contribution >= 0.6 is 0 Å². The average Bonchev–Trinajstić information content (AvgIpc) is 3.18. The molecule has 0 aliphatic rings. The van der Waals surface area contributed by atoms with Crippen molar-refractivity contribution < 1.29 is 14.2 Å². The molecule has 6 nitrogen and oxygen atoms in total. The predicted octanol–water partition coefficient (Wildman–Crippen LogP) is 14.6. The first-order valence-electron chi connectivity index (χ1n) is 22.4. The van der Waals surface area contributed by atoms with Crippen LogP contribution in [0, 0.1) is 35.5 Å². The molecule has 0 aliphatic heterocycles. The van der Waals surface area contributed by atoms with Gasteiger partial charge in [-0.05, 0) is 114 Å². The van der Waals surface area contributed by atoms with Crippen LogP contribution in [0.1, 0.15) is 139 Å². The van der Waals surface area contributed by atoms with Crippen molar-refractivity contribution >= 4 is 0 Å². The quantitative estimate of drug-likeness (QED) is 0.0601. The third-order valence-corrected chi connectivity index (χ3v) is 11.1. The highest BCUT2D eigenvalue weighted by molar-refractivity contribution is 5.77. The van der Waals surface area contributed by atoms with Gasteiger partial charge < -0.3 is 14.2 Å². The zero-order valence-electron chi connectivity index (χ0n) is 37.1. The van der Waals surface area contributed by atoms with Crippen molar-refractivity contribution in [2.75, 3.05) is 19.8 Å². The molecule has 3 heterocycles. The van der Waals surface area contributed by atoms with E-state index in [1.54, 1.807) is 0 Å². The van der Waals surface area contributed by atoms with E-state index in [2.05, 4.69) is 96.5 Å². The molecule has 0 aliphatic carbocycles. The van der Waals surface area contributed by atoms with Gasteiger partial charge >= 0.3 is 0 Å². The van der Waals surface area contributed by atoms with Crippen LogP contribution in [0.3, 0.4) is 0 Å². The Kier molecular flexibility index (Phi) is 19.9. The number of nitrogens with zero attached hydrogens (tertiary/aromatic N) is 3. The van der Waals surface area contributed by atoms with Crippen LogP contribution in [-0.2, 0) is 0 Å². The first-order chi connectivity index (χ1) is 27.5. The topological polar surface area (TPSA) is 66.4 Å². The van der Waals surface area contributed by atoms with Gasteiger partial charge in [0.1, 0.15) is 0 Å². The highest BCUT2D eigenvalue weighted by Gasteiger charge is 2.20. The predicted molar refractivity (Wildman–Crippen MR) is 240 cm³/mol. The van der Waals surface area contributed by atoms with Gasteiger partial charge in [-0.3, -0.25) is 9.97 Å². The van der Waals surface area contributed by atoms with Crippen LogP contribution in [-0.4, -0.2) is 34.8 Å². The van der Waals surface area contributed by atoms with Crippen LogP contribution < -0.4 is 14.2 Å². The van der Waals surface area contributed by atoms with E-state index in [1.165, 1.54) is 57.8 Å². The summed E-state index contributed by atoms with van der Waals surface area (Å²) in [5.41, 5.74) is 5.18. The lowest BCUT2D eigenvalue weighted by Gasteiger charge is -2.21. The molecule has 0 N–H and O–H groups in total. The minimum atomic E-state index is 0.581. The number of aromatic nitrogens is 3. The summed E-state index contributed by atoms with van der Waals surface area (Å²) in [5, 5.41) is 0. The van der Waals surface area contributed by atoms with Crippen molar-refractivity contribution in [1.29, 1.82) is 0 Å². The maximum Gasteiger partial charge on any atom is 0.203 e. The van der Waals surface area contributed by atoms with Crippen molar-refractivity contribution in [2.45, 2.75) is 139 Å². The van der Waals surface area contributed by atoms with Crippen LogP contribution in [0.4, 0.5) is 0 Å². The maximum absolute atomic E-state index is 6.77. The van der Waals surface area contributed by atoms with Gasteiger partial charge in [-0.15, -0.1) is 0 Å². The Morgan fingerprint density at radius 1 is 0.421 bits per heavy atom. The van der Waals surface area contributed by atoms with Crippen molar-refractivity contribution in [3.8, 4) is 51.2 Å². The second-order valence-electron chi connectivity index (χ2n) is 18.1. The van der Waals surface area contributed by atoms with E-state index in [1.807, 2.05) is 48.8 Å². The summed E-state index contributed by atoms with van der Waals surface area (Å²) in [6, 6.07) is 20.4. The molecule has 0 saturated carbocycles. The molecule has 4 rings (SSSR count). The Labute approximate surface area is 347 Å². The first kappa shape index (κ1) is 45.8. The zero-order valence-corrected chi connectivity index (χ0v) is 37.1. The van der Waals surface area contributed by atoms with E-state index in [4.69, 9.17) is 19.2 Å². The fourth-order valence-corrected chi connectivity index (χ4v) is 7.25. The number of pyridine rings is 3. The van der Waals surface area contributed by atoms with Crippen LogP contribution in [0.5, 0.6) is 17.2 Å². The van der Waals surface area contributed by atoms with E-state index in [0.29, 0.717) is 37.6 Å². The summed E-state index contributed by atoms with van der Waals surface area (Å²) in [7, 11) is 0. The first-order valence-corrected chi connectivity index (χ1v) is 22.4. The minimum absolute atomic E-state index is 0.581. The molecule has 0 fully saturated rings. The molecular weight excluding hydrogens is 703 g/mol. The zero-order chi connectivity index (χ0) is 41.0. The number of benzene rings is 1. The smallest absolute Gasteiger partial charge is 0.203 e. The molecule has 0 spiro atoms. The lowest BCUT2D eigenvalue weighted by atomic mass is 9.97. The van der Waals surface area contributed by atoms with Crippen LogP contribution in [0.2, 0.25) is 0 Å². The molecule has 0 radical (unpaired) electrons. The highest BCUT2D eigenvalue weighted by Crippen LogP contribution is 2.43. The second kappa shape index (κ2) is 24.8. The van der Waals surface area contributed by atoms with E-state index >= 15 is 0 Å². The lowest BCUT2D eigenvalue weighted by Crippen LogP contribution is -2.11. The molecule has 3 atom stereocenters. The Morgan fingerprint density at radius 2 is 0.807 bits per heavy atom. The van der Waals surface area contributed by atoms with Crippen LogP contribution in [0.25, 0.3) is 33.9 Å². The van der Waals surface area contributed by atoms with E-state index < -0.39 is 0 Å². The van der Waals surface area contributed by atoms with Gasteiger partial charge in [0.15, 0.2) is 11.5 Å². The third-order valence-electron chi connectivity index (χ3n) is 11.1. The van der Waals surface area contributed by atoms with E-state index in [-0.39, 0.29) is 0 Å². The highest BCUT2D eigenvalue weighted by atomic mass is 16.5. The largest absolute Gasteiger partial charge is 0.490 e. The van der Waals surface area contributed by atoms with Crippen molar-refractivity contribution in [3.63, 3.8) is 0 Å². The standard InChI is InChI=1S/C51H75N3O3/c1-37(2)17-14-20-40(7)25-30-55-49-35-44(43-33-47(45-23-10-12-28-52-45)54-48(34-43)46-24-11-13-29-53-46)36-50(56-31-26-41(8)21-15-18-38(3)4)51(49)57-32-27-42(9)22-16-19-39(5)6/h10-13,23-24,28-29,33-42H,14-22,25-27,30-32H2,1-9H3/t40-,41-,42-/m0/s1. The molecule has 1 aromatic carbocycles. The van der Waals surface area contributed by atoms with Gasteiger partial charge in [0.05, 0.1) is 42.6 Å². The maximum atomic E-state index is 6.77. The Balaban J connectivity index is 1.71. The van der Waals surface area contributed by atoms with Gasteiger partial charge in [0.25, 0.3) is 0 Å². The van der Waals surface area contributed by atoms with Gasteiger partial charge in [0.2, 0.25) is 5.75 Å². The Hall–Kier alpha value is -3.93. The number of ether oxygens (including phenoxy) is 3. The molecular formula is C51H75N3O3. The normalized spacial score (nSPS) is 13.3. The Bertz CT molecular complexity index is 1590. The molecule has 0 amide bonds. The molecule has 57 heavy (non-hydrogen) atoms. The number of hydrogen-bond acceptors (Lipinski definition) is 6. The molecule has 312 valence electrons. The molecule has 4 aromatic rings. The number of rotatable bonds is 27. The summed E-state index contributed by atoms with van der Waals surface area (Å²) >= 11 is 0. The van der Waals surface area contributed by atoms with E-state index in [0.717, 1.165) is 88.2 Å². The van der Waals surface area contributed by atoms with Crippen molar-refractivity contribution in [2.24, 2.45) is 35.5 Å². The summed E-state index contributed by atoms with van der Waals surface area (Å²) in [6.07, 6.45) is 17.8. The SMILES string of the molecule is CC(C)CCC[C@H](C)CCOc1cc(-c2cc(-c3ccccn3)nc(-c3ccccn3)c2)cc(OCC[C@@H](C)CCCC(C)C)c1OCC[C@@H](C)CCCC(C)C.